The van der Waals surface area contributed by atoms with Crippen molar-refractivity contribution in [1.82, 2.24) is 9.97 Å². The second kappa shape index (κ2) is 8.62. The molecular formula is C26H23IN4O2. The molecule has 3 N–H and O–H groups in total. The van der Waals surface area contributed by atoms with Gasteiger partial charge in [-0.1, -0.05) is 44.2 Å². The van der Waals surface area contributed by atoms with Crippen molar-refractivity contribution in [2.45, 2.75) is 32.2 Å². The van der Waals surface area contributed by atoms with Crippen molar-refractivity contribution in [1.29, 1.82) is 0 Å². The molecule has 7 heteroatoms. The van der Waals surface area contributed by atoms with Crippen molar-refractivity contribution in [2.24, 2.45) is 4.99 Å². The van der Waals surface area contributed by atoms with Gasteiger partial charge in [0.1, 0.15) is 6.04 Å². The van der Waals surface area contributed by atoms with Gasteiger partial charge in [0.25, 0.3) is 0 Å². The molecule has 1 aromatic heterocycles. The topological polar surface area (TPSA) is 90.1 Å². The van der Waals surface area contributed by atoms with Gasteiger partial charge < -0.3 is 15.3 Å². The van der Waals surface area contributed by atoms with Crippen LogP contribution in [0.3, 0.4) is 0 Å². The highest BCUT2D eigenvalue weighted by Crippen LogP contribution is 2.29. The molecule has 6 nitrogen and oxygen atoms in total. The zero-order valence-electron chi connectivity index (χ0n) is 18.3. The third kappa shape index (κ3) is 4.25. The molecule has 2 heterocycles. The van der Waals surface area contributed by atoms with Crippen LogP contribution in [0.2, 0.25) is 0 Å². The Kier molecular flexibility index (Phi) is 5.65. The standard InChI is InChI=1S/C26H23IN4O2/c1-14(2)18-6-4-3-5-15(18)11-23-25(32)29-20-10-8-17(27)13-19(20)24(28-23)16-7-9-21-22(12-16)31-26(33)30-21/h3-10,12-14,23H,11H2,1-2H3,(H,29,32)(H2,30,31,33). The molecule has 1 aliphatic rings. The number of hydrogen-bond donors (Lipinski definition) is 3. The molecule has 0 spiro atoms. The average molecular weight is 550 g/mol. The van der Waals surface area contributed by atoms with E-state index in [1.54, 1.807) is 0 Å². The fourth-order valence-electron chi connectivity index (χ4n) is 4.36. The number of nitrogens with zero attached hydrogens (tertiary/aromatic N) is 1. The molecule has 0 saturated heterocycles. The summed E-state index contributed by atoms with van der Waals surface area (Å²) in [5, 5.41) is 3.09. The van der Waals surface area contributed by atoms with E-state index in [2.05, 4.69) is 63.9 Å². The summed E-state index contributed by atoms with van der Waals surface area (Å²) in [6, 6.07) is 19.3. The first-order valence-corrected chi connectivity index (χ1v) is 12.0. The third-order valence-electron chi connectivity index (χ3n) is 5.96. The number of carbonyl (C=O) groups excluding carboxylic acids is 1. The number of halogens is 1. The summed E-state index contributed by atoms with van der Waals surface area (Å²) in [7, 11) is 0. The Balaban J connectivity index is 1.66. The lowest BCUT2D eigenvalue weighted by Gasteiger charge is -2.16. The largest absolute Gasteiger partial charge is 0.324 e. The number of aromatic nitrogens is 2. The molecule has 1 amide bonds. The molecule has 0 radical (unpaired) electrons. The number of imidazole rings is 1. The maximum atomic E-state index is 13.3. The van der Waals surface area contributed by atoms with Crippen molar-refractivity contribution in [2.75, 3.05) is 5.32 Å². The van der Waals surface area contributed by atoms with Crippen molar-refractivity contribution in [3.05, 3.63) is 97.0 Å². The first-order valence-electron chi connectivity index (χ1n) is 10.9. The van der Waals surface area contributed by atoms with Gasteiger partial charge in [-0.05, 0) is 70.0 Å². The van der Waals surface area contributed by atoms with Crippen molar-refractivity contribution in [3.8, 4) is 0 Å². The molecule has 0 bridgehead atoms. The van der Waals surface area contributed by atoms with Gasteiger partial charge in [0.15, 0.2) is 0 Å². The summed E-state index contributed by atoms with van der Waals surface area (Å²) in [5.74, 6) is 0.229. The summed E-state index contributed by atoms with van der Waals surface area (Å²) < 4.78 is 1.05. The number of carbonyl (C=O) groups is 1. The molecule has 1 atom stereocenters. The van der Waals surface area contributed by atoms with E-state index in [4.69, 9.17) is 4.99 Å². The lowest BCUT2D eigenvalue weighted by molar-refractivity contribution is -0.117. The van der Waals surface area contributed by atoms with Crippen LogP contribution < -0.4 is 11.0 Å². The van der Waals surface area contributed by atoms with E-state index in [-0.39, 0.29) is 11.6 Å². The number of benzene rings is 3. The molecule has 3 aromatic carbocycles. The minimum Gasteiger partial charge on any atom is -0.324 e. The van der Waals surface area contributed by atoms with E-state index in [1.807, 2.05) is 48.5 Å². The molecule has 33 heavy (non-hydrogen) atoms. The zero-order valence-corrected chi connectivity index (χ0v) is 20.4. The number of anilines is 1. The zero-order chi connectivity index (χ0) is 23.1. The van der Waals surface area contributed by atoms with E-state index in [9.17, 15) is 9.59 Å². The third-order valence-corrected chi connectivity index (χ3v) is 6.63. The molecule has 4 aromatic rings. The molecule has 0 saturated carbocycles. The molecule has 0 aliphatic carbocycles. The second-order valence-corrected chi connectivity index (χ2v) is 9.82. The SMILES string of the molecule is CC(C)c1ccccc1CC1N=C(c2ccc3[nH]c(=O)[nH]c3c2)c2cc(I)ccc2NC1=O. The summed E-state index contributed by atoms with van der Waals surface area (Å²) in [6.07, 6.45) is 0.512. The summed E-state index contributed by atoms with van der Waals surface area (Å²) in [4.78, 5) is 35.6. The molecule has 1 unspecified atom stereocenters. The van der Waals surface area contributed by atoms with Crippen molar-refractivity contribution < 1.29 is 4.79 Å². The lowest BCUT2D eigenvalue weighted by atomic mass is 9.93. The van der Waals surface area contributed by atoms with E-state index >= 15 is 0 Å². The Labute approximate surface area is 204 Å². The van der Waals surface area contributed by atoms with Crippen LogP contribution in [-0.4, -0.2) is 27.6 Å². The number of amides is 1. The van der Waals surface area contributed by atoms with Gasteiger partial charge in [-0.15, -0.1) is 0 Å². The fourth-order valence-corrected chi connectivity index (χ4v) is 4.85. The molecular weight excluding hydrogens is 527 g/mol. The van der Waals surface area contributed by atoms with E-state index in [0.29, 0.717) is 17.9 Å². The van der Waals surface area contributed by atoms with Gasteiger partial charge in [-0.3, -0.25) is 9.79 Å². The Bertz CT molecular complexity index is 1460. The number of aliphatic imine (C=N–C) groups is 1. The summed E-state index contributed by atoms with van der Waals surface area (Å²) in [5.41, 5.74) is 6.73. The first kappa shape index (κ1) is 21.6. The second-order valence-electron chi connectivity index (χ2n) is 8.57. The fraction of sp³-hybridized carbons (Fsp3) is 0.192. The van der Waals surface area contributed by atoms with Crippen LogP contribution in [0.1, 0.15) is 42.0 Å². The van der Waals surface area contributed by atoms with E-state index in [0.717, 1.165) is 37.2 Å². The Morgan fingerprint density at radius 2 is 1.76 bits per heavy atom. The normalized spacial score (nSPS) is 15.8. The monoisotopic (exact) mass is 550 g/mol. The number of nitrogens with one attached hydrogen (secondary N) is 3. The minimum atomic E-state index is -0.578. The average Bonchev–Trinajstić information content (AvgIpc) is 3.10. The molecule has 1 aliphatic heterocycles. The van der Waals surface area contributed by atoms with Gasteiger partial charge in [0.05, 0.1) is 22.4 Å². The maximum Gasteiger partial charge on any atom is 0.323 e. The number of rotatable bonds is 4. The Morgan fingerprint density at radius 3 is 2.58 bits per heavy atom. The van der Waals surface area contributed by atoms with E-state index < -0.39 is 6.04 Å². The molecule has 0 fully saturated rings. The van der Waals surface area contributed by atoms with E-state index in [1.165, 1.54) is 5.56 Å². The molecule has 5 rings (SSSR count). The van der Waals surface area contributed by atoms with Crippen LogP contribution in [0.25, 0.3) is 11.0 Å². The van der Waals surface area contributed by atoms with Crippen LogP contribution in [0.4, 0.5) is 5.69 Å². The number of fused-ring (bicyclic) bond motifs is 2. The van der Waals surface area contributed by atoms with Gasteiger partial charge in [0.2, 0.25) is 5.91 Å². The van der Waals surface area contributed by atoms with Gasteiger partial charge in [-0.25, -0.2) is 4.79 Å². The highest BCUT2D eigenvalue weighted by molar-refractivity contribution is 14.1. The summed E-state index contributed by atoms with van der Waals surface area (Å²) >= 11 is 2.27. The number of hydrogen-bond acceptors (Lipinski definition) is 3. The van der Waals surface area contributed by atoms with Crippen LogP contribution in [-0.2, 0) is 11.2 Å². The highest BCUT2D eigenvalue weighted by Gasteiger charge is 2.27. The molecule has 166 valence electrons. The highest BCUT2D eigenvalue weighted by atomic mass is 127. The predicted octanol–water partition coefficient (Wildman–Crippen LogP) is 4.99. The van der Waals surface area contributed by atoms with Crippen molar-refractivity contribution >= 4 is 50.9 Å². The Morgan fingerprint density at radius 1 is 0.970 bits per heavy atom. The summed E-state index contributed by atoms with van der Waals surface area (Å²) in [6.45, 7) is 4.32. The maximum absolute atomic E-state index is 13.3. The van der Waals surface area contributed by atoms with Crippen molar-refractivity contribution in [3.63, 3.8) is 0 Å². The Hall–Kier alpha value is -3.20. The van der Waals surface area contributed by atoms with Crippen LogP contribution >= 0.6 is 22.6 Å². The number of aromatic amines is 2. The van der Waals surface area contributed by atoms with Gasteiger partial charge in [0, 0.05) is 21.1 Å². The van der Waals surface area contributed by atoms with Crippen LogP contribution in [0.5, 0.6) is 0 Å². The quantitative estimate of drug-likeness (QED) is 0.313. The minimum absolute atomic E-state index is 0.123. The predicted molar refractivity (Wildman–Crippen MR) is 140 cm³/mol. The lowest BCUT2D eigenvalue weighted by Crippen LogP contribution is -2.28. The van der Waals surface area contributed by atoms with Gasteiger partial charge in [-0.2, -0.15) is 0 Å². The van der Waals surface area contributed by atoms with Gasteiger partial charge >= 0.3 is 5.69 Å². The first-order chi connectivity index (χ1) is 15.9. The smallest absolute Gasteiger partial charge is 0.323 e. The van der Waals surface area contributed by atoms with Crippen LogP contribution in [0, 0.1) is 3.57 Å². The van der Waals surface area contributed by atoms with Crippen LogP contribution in [0.15, 0.2) is 70.5 Å². The number of H-pyrrole nitrogens is 2. The number of benzodiazepines with no additional fused rings is 1.